The van der Waals surface area contributed by atoms with Crippen molar-refractivity contribution in [3.05, 3.63) is 59.0 Å². The highest BCUT2D eigenvalue weighted by Crippen LogP contribution is 2.09. The fourth-order valence-electron chi connectivity index (χ4n) is 2.32. The Morgan fingerprint density at radius 2 is 1.43 bits per heavy atom. The lowest BCUT2D eigenvalue weighted by atomic mass is 10.3. The summed E-state index contributed by atoms with van der Waals surface area (Å²) in [7, 11) is 0. The first-order valence-corrected chi connectivity index (χ1v) is 7.43. The van der Waals surface area contributed by atoms with Crippen LogP contribution in [0.2, 0.25) is 5.15 Å². The number of aromatic nitrogens is 4. The molecule has 23 heavy (non-hydrogen) atoms. The number of H-pyrrole nitrogens is 1. The Hall–Kier alpha value is -2.35. The van der Waals surface area contributed by atoms with Crippen LogP contribution in [0, 0.1) is 0 Å². The number of hydrogen-bond acceptors (Lipinski definition) is 4. The van der Waals surface area contributed by atoms with Gasteiger partial charge in [-0.2, -0.15) is 0 Å². The summed E-state index contributed by atoms with van der Waals surface area (Å²) in [5.41, 5.74) is -2.50. The second-order valence-electron chi connectivity index (χ2n) is 5.65. The number of hydrogen-bond donors (Lipinski definition) is 1. The highest BCUT2D eigenvalue weighted by Gasteiger charge is 2.16. The molecule has 0 unspecified atom stereocenters. The van der Waals surface area contributed by atoms with Crippen LogP contribution in [-0.4, -0.2) is 18.7 Å². The standard InChI is InChI=1S/C14H17ClN4O4/c1-7(2)17-12(21)6-10(16-13(17)22)19-9(15)5-11(20)18(8(3)4)14(19)23/h5-8H,1-4H3,(H,16,22). The van der Waals surface area contributed by atoms with Gasteiger partial charge < -0.3 is 0 Å². The van der Waals surface area contributed by atoms with E-state index in [1.54, 1.807) is 27.7 Å². The summed E-state index contributed by atoms with van der Waals surface area (Å²) in [5.74, 6) is -0.0821. The van der Waals surface area contributed by atoms with Crippen molar-refractivity contribution in [3.8, 4) is 5.82 Å². The van der Waals surface area contributed by atoms with E-state index in [1.165, 1.54) is 0 Å². The van der Waals surface area contributed by atoms with Crippen LogP contribution in [0.3, 0.4) is 0 Å². The molecule has 2 heterocycles. The maximum atomic E-state index is 12.5. The normalized spacial score (nSPS) is 11.4. The number of halogens is 1. The minimum atomic E-state index is -0.727. The lowest BCUT2D eigenvalue weighted by Crippen LogP contribution is -2.42. The molecule has 2 aromatic rings. The zero-order valence-corrected chi connectivity index (χ0v) is 13.9. The van der Waals surface area contributed by atoms with Crippen LogP contribution in [0.15, 0.2) is 31.3 Å². The zero-order chi connectivity index (χ0) is 17.5. The average Bonchev–Trinajstić information content (AvgIpc) is 2.35. The fourth-order valence-corrected chi connectivity index (χ4v) is 2.58. The Bertz CT molecular complexity index is 947. The van der Waals surface area contributed by atoms with Crippen LogP contribution in [0.4, 0.5) is 0 Å². The Morgan fingerprint density at radius 3 is 1.91 bits per heavy atom. The molecule has 9 heteroatoms. The van der Waals surface area contributed by atoms with Crippen molar-refractivity contribution in [2.24, 2.45) is 0 Å². The quantitative estimate of drug-likeness (QED) is 0.830. The number of rotatable bonds is 3. The maximum absolute atomic E-state index is 12.5. The second-order valence-corrected chi connectivity index (χ2v) is 6.04. The van der Waals surface area contributed by atoms with Crippen molar-refractivity contribution in [1.82, 2.24) is 18.7 Å². The smallest absolute Gasteiger partial charge is 0.293 e. The van der Waals surface area contributed by atoms with Crippen LogP contribution in [0.1, 0.15) is 39.8 Å². The van der Waals surface area contributed by atoms with E-state index in [0.29, 0.717) is 0 Å². The summed E-state index contributed by atoms with van der Waals surface area (Å²) in [6, 6.07) is 1.43. The van der Waals surface area contributed by atoms with Crippen molar-refractivity contribution in [3.63, 3.8) is 0 Å². The number of nitrogens with one attached hydrogen (secondary N) is 1. The van der Waals surface area contributed by atoms with Gasteiger partial charge in [0, 0.05) is 24.2 Å². The van der Waals surface area contributed by atoms with Crippen LogP contribution in [0.5, 0.6) is 0 Å². The van der Waals surface area contributed by atoms with E-state index in [-0.39, 0.29) is 17.0 Å². The Balaban J connectivity index is 2.87. The van der Waals surface area contributed by atoms with Crippen LogP contribution >= 0.6 is 11.6 Å². The van der Waals surface area contributed by atoms with Gasteiger partial charge in [0.05, 0.1) is 0 Å². The van der Waals surface area contributed by atoms with E-state index < -0.39 is 28.5 Å². The third-order valence-electron chi connectivity index (χ3n) is 3.32. The van der Waals surface area contributed by atoms with Gasteiger partial charge in [0.1, 0.15) is 11.0 Å². The van der Waals surface area contributed by atoms with Gasteiger partial charge in [-0.15, -0.1) is 0 Å². The first-order valence-electron chi connectivity index (χ1n) is 7.05. The van der Waals surface area contributed by atoms with Gasteiger partial charge in [0.2, 0.25) is 0 Å². The minimum Gasteiger partial charge on any atom is -0.293 e. The molecule has 0 aliphatic carbocycles. The lowest BCUT2D eigenvalue weighted by Gasteiger charge is -2.15. The van der Waals surface area contributed by atoms with E-state index in [1.807, 2.05) is 0 Å². The topological polar surface area (TPSA) is 98.9 Å². The van der Waals surface area contributed by atoms with Gasteiger partial charge >= 0.3 is 11.4 Å². The maximum Gasteiger partial charge on any atom is 0.338 e. The predicted molar refractivity (Wildman–Crippen MR) is 87.0 cm³/mol. The summed E-state index contributed by atoms with van der Waals surface area (Å²) in [6.45, 7) is 6.71. The monoisotopic (exact) mass is 340 g/mol. The third-order valence-corrected chi connectivity index (χ3v) is 3.59. The molecule has 0 aromatic carbocycles. The molecule has 0 bridgehead atoms. The SMILES string of the molecule is CC(C)n1c(=O)cc(-n2c(Cl)cc(=O)n(C(C)C)c2=O)[nH]c1=O. The molecule has 8 nitrogen and oxygen atoms in total. The van der Waals surface area contributed by atoms with Crippen LogP contribution in [0.25, 0.3) is 5.82 Å². The molecule has 0 radical (unpaired) electrons. The first-order chi connectivity index (χ1) is 10.6. The molecule has 0 saturated heterocycles. The molecule has 0 aliphatic rings. The predicted octanol–water partition coefficient (Wildman–Crippen LogP) is 0.664. The van der Waals surface area contributed by atoms with Gasteiger partial charge in [-0.1, -0.05) is 11.6 Å². The Labute approximate surface area is 135 Å². The summed E-state index contributed by atoms with van der Waals surface area (Å²) < 4.78 is 2.93. The van der Waals surface area contributed by atoms with E-state index in [4.69, 9.17) is 11.6 Å². The molecular weight excluding hydrogens is 324 g/mol. The minimum absolute atomic E-state index is 0.0821. The Morgan fingerprint density at radius 1 is 0.913 bits per heavy atom. The van der Waals surface area contributed by atoms with E-state index >= 15 is 0 Å². The molecule has 0 atom stereocenters. The van der Waals surface area contributed by atoms with E-state index in [2.05, 4.69) is 4.98 Å². The summed E-state index contributed by atoms with van der Waals surface area (Å²) >= 11 is 5.97. The second kappa shape index (κ2) is 6.04. The van der Waals surface area contributed by atoms with Crippen molar-refractivity contribution < 1.29 is 0 Å². The van der Waals surface area contributed by atoms with Gasteiger partial charge in [-0.05, 0) is 27.7 Å². The molecule has 2 rings (SSSR count). The van der Waals surface area contributed by atoms with Crippen molar-refractivity contribution in [2.45, 2.75) is 39.8 Å². The van der Waals surface area contributed by atoms with Crippen LogP contribution in [-0.2, 0) is 0 Å². The average molecular weight is 341 g/mol. The largest absolute Gasteiger partial charge is 0.338 e. The highest BCUT2D eigenvalue weighted by atomic mass is 35.5. The summed E-state index contributed by atoms with van der Waals surface area (Å²) in [6.07, 6.45) is 0. The molecule has 0 saturated carbocycles. The summed E-state index contributed by atoms with van der Waals surface area (Å²) in [4.78, 5) is 51.0. The molecule has 0 spiro atoms. The third kappa shape index (κ3) is 2.94. The van der Waals surface area contributed by atoms with E-state index in [9.17, 15) is 19.2 Å². The fraction of sp³-hybridized carbons (Fsp3) is 0.429. The molecule has 124 valence electrons. The van der Waals surface area contributed by atoms with Crippen molar-refractivity contribution >= 4 is 11.6 Å². The number of nitrogens with zero attached hydrogens (tertiary/aromatic N) is 3. The molecule has 0 aliphatic heterocycles. The van der Waals surface area contributed by atoms with Crippen LogP contribution < -0.4 is 22.5 Å². The molecule has 2 aromatic heterocycles. The van der Waals surface area contributed by atoms with Gasteiger partial charge in [0.25, 0.3) is 11.1 Å². The lowest BCUT2D eigenvalue weighted by molar-refractivity contribution is 0.524. The molecule has 0 amide bonds. The highest BCUT2D eigenvalue weighted by molar-refractivity contribution is 6.29. The first kappa shape index (κ1) is 17.0. The molecule has 1 N–H and O–H groups in total. The Kier molecular flexibility index (Phi) is 4.46. The van der Waals surface area contributed by atoms with Gasteiger partial charge in [0.15, 0.2) is 0 Å². The van der Waals surface area contributed by atoms with Crippen molar-refractivity contribution in [1.29, 1.82) is 0 Å². The van der Waals surface area contributed by atoms with Crippen molar-refractivity contribution in [2.75, 3.05) is 0 Å². The summed E-state index contributed by atoms with van der Waals surface area (Å²) in [5, 5.41) is -0.186. The molecule has 0 fully saturated rings. The molecular formula is C14H17ClN4O4. The number of aromatic amines is 1. The van der Waals surface area contributed by atoms with E-state index in [0.717, 1.165) is 25.8 Å². The van der Waals surface area contributed by atoms with Gasteiger partial charge in [-0.25, -0.2) is 14.2 Å². The van der Waals surface area contributed by atoms with Gasteiger partial charge in [-0.3, -0.25) is 23.7 Å². The zero-order valence-electron chi connectivity index (χ0n) is 13.2.